The Morgan fingerprint density at radius 3 is 2.59 bits per heavy atom. The maximum Gasteiger partial charge on any atom is 0.342 e. The summed E-state index contributed by atoms with van der Waals surface area (Å²) in [6.07, 6.45) is 2.59. The molecule has 146 valence electrons. The third-order valence-corrected chi connectivity index (χ3v) is 4.85. The summed E-state index contributed by atoms with van der Waals surface area (Å²) >= 11 is 0. The van der Waals surface area contributed by atoms with E-state index in [9.17, 15) is 14.7 Å². The third kappa shape index (κ3) is 3.91. The van der Waals surface area contributed by atoms with Crippen molar-refractivity contribution in [1.82, 2.24) is 10.3 Å². The second-order valence-corrected chi connectivity index (χ2v) is 6.72. The number of nitrogens with one attached hydrogen (secondary N) is 2. The Morgan fingerprint density at radius 1 is 0.966 bits per heavy atom. The number of aromatic amines is 1. The standard InChI is InChI=1S/C23H20N2O4/c26-21(24-12-11-16-13-25-20-8-4-3-6-17(16)20)14-29-23(28)19-10-9-15-5-1-2-7-18(15)22(19)27/h1-10,13,25,27H,11-12,14H2,(H,24,26). The fourth-order valence-corrected chi connectivity index (χ4v) is 3.35. The first kappa shape index (κ1) is 18.6. The van der Waals surface area contributed by atoms with Crippen molar-refractivity contribution in [2.45, 2.75) is 6.42 Å². The molecular weight excluding hydrogens is 368 g/mol. The predicted molar refractivity (Wildman–Crippen MR) is 111 cm³/mol. The Bertz CT molecular complexity index is 1200. The largest absolute Gasteiger partial charge is 0.506 e. The summed E-state index contributed by atoms with van der Waals surface area (Å²) in [5.74, 6) is -1.27. The van der Waals surface area contributed by atoms with Gasteiger partial charge in [0, 0.05) is 29.0 Å². The van der Waals surface area contributed by atoms with Gasteiger partial charge in [-0.3, -0.25) is 4.79 Å². The molecule has 0 fully saturated rings. The topological polar surface area (TPSA) is 91.4 Å². The normalized spacial score (nSPS) is 10.9. The quantitative estimate of drug-likeness (QED) is 0.441. The van der Waals surface area contributed by atoms with Gasteiger partial charge in [0.25, 0.3) is 5.91 Å². The van der Waals surface area contributed by atoms with Gasteiger partial charge in [-0.15, -0.1) is 0 Å². The summed E-state index contributed by atoms with van der Waals surface area (Å²) in [6.45, 7) is 0.0262. The Balaban J connectivity index is 1.30. The molecule has 29 heavy (non-hydrogen) atoms. The number of aromatic nitrogens is 1. The number of phenolic OH excluding ortho intramolecular Hbond substituents is 1. The molecule has 0 saturated heterocycles. The molecule has 1 aromatic heterocycles. The fourth-order valence-electron chi connectivity index (χ4n) is 3.35. The van der Waals surface area contributed by atoms with Gasteiger partial charge >= 0.3 is 5.97 Å². The molecule has 1 heterocycles. The number of aromatic hydroxyl groups is 1. The monoisotopic (exact) mass is 388 g/mol. The van der Waals surface area contributed by atoms with Crippen LogP contribution in [-0.4, -0.2) is 35.1 Å². The minimum absolute atomic E-state index is 0.0373. The Hall–Kier alpha value is -3.80. The summed E-state index contributed by atoms with van der Waals surface area (Å²) in [4.78, 5) is 27.5. The van der Waals surface area contributed by atoms with Crippen molar-refractivity contribution < 1.29 is 19.4 Å². The molecule has 4 aromatic rings. The number of carbonyl (C=O) groups is 2. The lowest BCUT2D eigenvalue weighted by Gasteiger charge is -2.09. The number of hydrogen-bond donors (Lipinski definition) is 3. The van der Waals surface area contributed by atoms with Gasteiger partial charge in [0.1, 0.15) is 11.3 Å². The van der Waals surface area contributed by atoms with E-state index in [2.05, 4.69) is 10.3 Å². The van der Waals surface area contributed by atoms with Crippen LogP contribution in [0.3, 0.4) is 0 Å². The molecule has 0 aliphatic carbocycles. The van der Waals surface area contributed by atoms with Crippen molar-refractivity contribution in [3.05, 3.63) is 78.0 Å². The van der Waals surface area contributed by atoms with Crippen molar-refractivity contribution in [2.24, 2.45) is 0 Å². The maximum absolute atomic E-state index is 12.3. The first-order valence-corrected chi connectivity index (χ1v) is 9.33. The zero-order chi connectivity index (χ0) is 20.2. The van der Waals surface area contributed by atoms with Gasteiger partial charge < -0.3 is 20.1 Å². The van der Waals surface area contributed by atoms with Crippen molar-refractivity contribution in [3.8, 4) is 5.75 Å². The third-order valence-electron chi connectivity index (χ3n) is 4.85. The minimum Gasteiger partial charge on any atom is -0.506 e. The molecule has 0 unspecified atom stereocenters. The number of H-pyrrole nitrogens is 1. The molecule has 0 aliphatic rings. The van der Waals surface area contributed by atoms with Gasteiger partial charge in [-0.05, 0) is 29.5 Å². The highest BCUT2D eigenvalue weighted by Crippen LogP contribution is 2.28. The van der Waals surface area contributed by atoms with Crippen molar-refractivity contribution in [2.75, 3.05) is 13.2 Å². The van der Waals surface area contributed by atoms with Gasteiger partial charge in [0.05, 0.1) is 0 Å². The molecule has 0 spiro atoms. The van der Waals surface area contributed by atoms with Crippen molar-refractivity contribution in [1.29, 1.82) is 0 Å². The molecule has 0 atom stereocenters. The van der Waals surface area contributed by atoms with E-state index in [1.54, 1.807) is 18.2 Å². The zero-order valence-electron chi connectivity index (χ0n) is 15.6. The molecule has 6 nitrogen and oxygen atoms in total. The second kappa shape index (κ2) is 8.06. The SMILES string of the molecule is O=C(COC(=O)c1ccc2ccccc2c1O)NCCc1c[nH]c2ccccc12. The number of carbonyl (C=O) groups excluding carboxylic acids is 2. The number of para-hydroxylation sites is 1. The highest BCUT2D eigenvalue weighted by atomic mass is 16.5. The Morgan fingerprint density at radius 2 is 1.72 bits per heavy atom. The Labute approximate surface area is 167 Å². The number of rotatable bonds is 6. The summed E-state index contributed by atoms with van der Waals surface area (Å²) in [5.41, 5.74) is 2.20. The van der Waals surface area contributed by atoms with E-state index in [1.165, 1.54) is 6.07 Å². The number of hydrogen-bond acceptors (Lipinski definition) is 4. The van der Waals surface area contributed by atoms with E-state index in [4.69, 9.17) is 4.74 Å². The minimum atomic E-state index is -0.736. The van der Waals surface area contributed by atoms with Crippen LogP contribution in [0.2, 0.25) is 0 Å². The molecule has 0 bridgehead atoms. The summed E-state index contributed by atoms with van der Waals surface area (Å²) in [5, 5.41) is 15.6. The van der Waals surface area contributed by atoms with Crippen LogP contribution >= 0.6 is 0 Å². The number of amides is 1. The van der Waals surface area contributed by atoms with Gasteiger partial charge in [0.2, 0.25) is 0 Å². The molecule has 0 aliphatic heterocycles. The van der Waals surface area contributed by atoms with E-state index in [1.807, 2.05) is 42.6 Å². The molecule has 3 N–H and O–H groups in total. The highest BCUT2D eigenvalue weighted by Gasteiger charge is 2.16. The van der Waals surface area contributed by atoms with Crippen LogP contribution in [0.15, 0.2) is 66.9 Å². The van der Waals surface area contributed by atoms with Crippen LogP contribution in [-0.2, 0) is 16.0 Å². The highest BCUT2D eigenvalue weighted by molar-refractivity contribution is 6.01. The van der Waals surface area contributed by atoms with Crippen molar-refractivity contribution in [3.63, 3.8) is 0 Å². The van der Waals surface area contributed by atoms with Gasteiger partial charge in [0.15, 0.2) is 6.61 Å². The lowest BCUT2D eigenvalue weighted by molar-refractivity contribution is -0.124. The van der Waals surface area contributed by atoms with Crippen LogP contribution in [0.5, 0.6) is 5.75 Å². The van der Waals surface area contributed by atoms with Gasteiger partial charge in [-0.1, -0.05) is 48.5 Å². The zero-order valence-corrected chi connectivity index (χ0v) is 15.6. The molecule has 1 amide bonds. The maximum atomic E-state index is 12.3. The lowest BCUT2D eigenvalue weighted by atomic mass is 10.1. The first-order valence-electron chi connectivity index (χ1n) is 9.33. The average Bonchev–Trinajstić information content (AvgIpc) is 3.16. The van der Waals surface area contributed by atoms with E-state index in [-0.39, 0.29) is 11.3 Å². The number of ether oxygens (including phenoxy) is 1. The van der Waals surface area contributed by atoms with E-state index in [0.717, 1.165) is 21.9 Å². The summed E-state index contributed by atoms with van der Waals surface area (Å²) in [6, 6.07) is 18.4. The van der Waals surface area contributed by atoms with Crippen LogP contribution in [0, 0.1) is 0 Å². The van der Waals surface area contributed by atoms with Gasteiger partial charge in [-0.25, -0.2) is 4.79 Å². The van der Waals surface area contributed by atoms with E-state index < -0.39 is 18.5 Å². The van der Waals surface area contributed by atoms with E-state index in [0.29, 0.717) is 18.4 Å². The van der Waals surface area contributed by atoms with Crippen LogP contribution < -0.4 is 5.32 Å². The summed E-state index contributed by atoms with van der Waals surface area (Å²) in [7, 11) is 0. The molecular formula is C23H20N2O4. The lowest BCUT2D eigenvalue weighted by Crippen LogP contribution is -2.30. The molecule has 0 radical (unpaired) electrons. The average molecular weight is 388 g/mol. The van der Waals surface area contributed by atoms with Crippen LogP contribution in [0.1, 0.15) is 15.9 Å². The predicted octanol–water partition coefficient (Wildman–Crippen LogP) is 3.54. The fraction of sp³-hybridized carbons (Fsp3) is 0.130. The molecule has 4 rings (SSSR count). The van der Waals surface area contributed by atoms with Crippen molar-refractivity contribution >= 4 is 33.6 Å². The number of benzene rings is 3. The number of phenols is 1. The molecule has 6 heteroatoms. The van der Waals surface area contributed by atoms with Crippen LogP contribution in [0.25, 0.3) is 21.7 Å². The first-order chi connectivity index (χ1) is 14.1. The van der Waals surface area contributed by atoms with Crippen LogP contribution in [0.4, 0.5) is 0 Å². The van der Waals surface area contributed by atoms with E-state index >= 15 is 0 Å². The smallest absolute Gasteiger partial charge is 0.342 e. The summed E-state index contributed by atoms with van der Waals surface area (Å²) < 4.78 is 5.06. The van der Waals surface area contributed by atoms with Gasteiger partial charge in [-0.2, -0.15) is 0 Å². The Kier molecular flexibility index (Phi) is 5.16. The molecule has 0 saturated carbocycles. The molecule has 3 aromatic carbocycles. The second-order valence-electron chi connectivity index (χ2n) is 6.72. The number of fused-ring (bicyclic) bond motifs is 2. The number of esters is 1.